The predicted molar refractivity (Wildman–Crippen MR) is 62.8 cm³/mol. The van der Waals surface area contributed by atoms with Gasteiger partial charge in [0.1, 0.15) is 11.7 Å². The first kappa shape index (κ1) is 13.0. The Morgan fingerprint density at radius 1 is 1.44 bits per heavy atom. The predicted octanol–water partition coefficient (Wildman–Crippen LogP) is 2.80. The van der Waals surface area contributed by atoms with Crippen molar-refractivity contribution in [1.29, 1.82) is 0 Å². The molecule has 0 bridgehead atoms. The van der Waals surface area contributed by atoms with Gasteiger partial charge in [-0.3, -0.25) is 4.79 Å². The molecular weight excluding hydrogens is 229 g/mol. The van der Waals surface area contributed by atoms with Gasteiger partial charge in [0.15, 0.2) is 0 Å². The SMILES string of the molecule is CC(C)N(Cc1ccccc1F)C(=O)CCl. The summed E-state index contributed by atoms with van der Waals surface area (Å²) in [5.41, 5.74) is 0.509. The number of amides is 1. The van der Waals surface area contributed by atoms with Crippen molar-refractivity contribution in [1.82, 2.24) is 4.90 Å². The smallest absolute Gasteiger partial charge is 0.238 e. The topological polar surface area (TPSA) is 20.3 Å². The minimum Gasteiger partial charge on any atom is -0.335 e. The molecule has 0 fully saturated rings. The van der Waals surface area contributed by atoms with E-state index in [2.05, 4.69) is 0 Å². The molecule has 0 saturated heterocycles. The molecule has 1 aromatic carbocycles. The van der Waals surface area contributed by atoms with Crippen LogP contribution in [0.5, 0.6) is 0 Å². The van der Waals surface area contributed by atoms with E-state index < -0.39 is 0 Å². The molecule has 1 rings (SSSR count). The summed E-state index contributed by atoms with van der Waals surface area (Å²) < 4.78 is 13.4. The van der Waals surface area contributed by atoms with Crippen molar-refractivity contribution < 1.29 is 9.18 Å². The van der Waals surface area contributed by atoms with Gasteiger partial charge in [-0.25, -0.2) is 4.39 Å². The summed E-state index contributed by atoms with van der Waals surface area (Å²) in [6.45, 7) is 4.02. The highest BCUT2D eigenvalue weighted by molar-refractivity contribution is 6.27. The van der Waals surface area contributed by atoms with E-state index in [1.54, 1.807) is 23.1 Å². The summed E-state index contributed by atoms with van der Waals surface area (Å²) >= 11 is 5.51. The van der Waals surface area contributed by atoms with Crippen LogP contribution in [-0.2, 0) is 11.3 Å². The van der Waals surface area contributed by atoms with Crippen LogP contribution in [0.15, 0.2) is 24.3 Å². The summed E-state index contributed by atoms with van der Waals surface area (Å²) in [5.74, 6) is -0.553. The molecule has 0 spiro atoms. The highest BCUT2D eigenvalue weighted by Crippen LogP contribution is 2.12. The van der Waals surface area contributed by atoms with Gasteiger partial charge in [0, 0.05) is 18.2 Å². The van der Waals surface area contributed by atoms with E-state index in [1.807, 2.05) is 13.8 Å². The molecule has 16 heavy (non-hydrogen) atoms. The number of carbonyl (C=O) groups is 1. The number of rotatable bonds is 4. The molecule has 0 unspecified atom stereocenters. The third-order valence-corrected chi connectivity index (χ3v) is 2.59. The van der Waals surface area contributed by atoms with Gasteiger partial charge < -0.3 is 4.90 Å². The zero-order chi connectivity index (χ0) is 12.1. The Kier molecular flexibility index (Phi) is 4.74. The summed E-state index contributed by atoms with van der Waals surface area (Å²) in [5, 5.41) is 0. The van der Waals surface area contributed by atoms with Gasteiger partial charge in [0.05, 0.1) is 0 Å². The van der Waals surface area contributed by atoms with E-state index in [1.165, 1.54) is 6.07 Å². The Bertz CT molecular complexity index is 368. The summed E-state index contributed by atoms with van der Waals surface area (Å²) in [6, 6.07) is 6.45. The Morgan fingerprint density at radius 2 is 2.06 bits per heavy atom. The first-order valence-corrected chi connectivity index (χ1v) is 5.68. The second-order valence-corrected chi connectivity index (χ2v) is 4.11. The van der Waals surface area contributed by atoms with Crippen molar-refractivity contribution in [3.8, 4) is 0 Å². The van der Waals surface area contributed by atoms with Crippen LogP contribution >= 0.6 is 11.6 Å². The zero-order valence-electron chi connectivity index (χ0n) is 9.41. The van der Waals surface area contributed by atoms with Gasteiger partial charge in [0.2, 0.25) is 5.91 Å². The van der Waals surface area contributed by atoms with Gasteiger partial charge in [-0.1, -0.05) is 18.2 Å². The zero-order valence-corrected chi connectivity index (χ0v) is 10.2. The molecule has 4 heteroatoms. The van der Waals surface area contributed by atoms with E-state index in [-0.39, 0.29) is 30.2 Å². The number of benzene rings is 1. The van der Waals surface area contributed by atoms with Crippen molar-refractivity contribution in [2.45, 2.75) is 26.4 Å². The molecule has 0 aliphatic rings. The van der Waals surface area contributed by atoms with Crippen molar-refractivity contribution in [2.24, 2.45) is 0 Å². The molecular formula is C12H15ClFNO. The number of carbonyl (C=O) groups excluding carboxylic acids is 1. The van der Waals surface area contributed by atoms with E-state index >= 15 is 0 Å². The summed E-state index contributed by atoms with van der Waals surface area (Å²) in [7, 11) is 0. The highest BCUT2D eigenvalue weighted by Gasteiger charge is 2.17. The fraction of sp³-hybridized carbons (Fsp3) is 0.417. The maximum absolute atomic E-state index is 13.4. The Morgan fingerprint density at radius 3 is 2.56 bits per heavy atom. The fourth-order valence-electron chi connectivity index (χ4n) is 1.45. The van der Waals surface area contributed by atoms with Crippen molar-refractivity contribution >= 4 is 17.5 Å². The van der Waals surface area contributed by atoms with Crippen molar-refractivity contribution in [3.63, 3.8) is 0 Å². The molecule has 1 amide bonds. The molecule has 0 heterocycles. The molecule has 88 valence electrons. The maximum Gasteiger partial charge on any atom is 0.238 e. The standard InChI is InChI=1S/C12H15ClFNO/c1-9(2)15(12(16)7-13)8-10-5-3-4-6-11(10)14/h3-6,9H,7-8H2,1-2H3. The van der Waals surface area contributed by atoms with Gasteiger partial charge in [-0.15, -0.1) is 11.6 Å². The normalized spacial score (nSPS) is 10.6. The van der Waals surface area contributed by atoms with Crippen LogP contribution in [-0.4, -0.2) is 22.7 Å². The minimum atomic E-state index is -0.296. The Hall–Kier alpha value is -1.09. The maximum atomic E-state index is 13.4. The van der Waals surface area contributed by atoms with Crippen molar-refractivity contribution in [3.05, 3.63) is 35.6 Å². The quantitative estimate of drug-likeness (QED) is 0.745. The first-order chi connectivity index (χ1) is 7.56. The van der Waals surface area contributed by atoms with Gasteiger partial charge >= 0.3 is 0 Å². The second-order valence-electron chi connectivity index (χ2n) is 3.84. The molecule has 0 radical (unpaired) electrons. The highest BCUT2D eigenvalue weighted by atomic mass is 35.5. The molecule has 0 N–H and O–H groups in total. The lowest BCUT2D eigenvalue weighted by molar-refractivity contribution is -0.130. The molecule has 0 atom stereocenters. The van der Waals surface area contributed by atoms with Crippen LogP contribution in [0.1, 0.15) is 19.4 Å². The molecule has 0 aliphatic carbocycles. The van der Waals surface area contributed by atoms with E-state index in [9.17, 15) is 9.18 Å². The molecule has 0 saturated carbocycles. The van der Waals surface area contributed by atoms with E-state index in [0.29, 0.717) is 5.56 Å². The largest absolute Gasteiger partial charge is 0.335 e. The molecule has 0 aromatic heterocycles. The summed E-state index contributed by atoms with van der Waals surface area (Å²) in [4.78, 5) is 13.1. The molecule has 0 aliphatic heterocycles. The van der Waals surface area contributed by atoms with Crippen LogP contribution in [0.2, 0.25) is 0 Å². The first-order valence-electron chi connectivity index (χ1n) is 5.15. The van der Waals surface area contributed by atoms with E-state index in [4.69, 9.17) is 11.6 Å². The molecule has 1 aromatic rings. The van der Waals surface area contributed by atoms with Gasteiger partial charge in [-0.05, 0) is 19.9 Å². The number of halogens is 2. The lowest BCUT2D eigenvalue weighted by atomic mass is 10.2. The number of alkyl halides is 1. The molecule has 2 nitrogen and oxygen atoms in total. The average Bonchev–Trinajstić information content (AvgIpc) is 2.26. The fourth-order valence-corrected chi connectivity index (χ4v) is 1.60. The monoisotopic (exact) mass is 243 g/mol. The number of nitrogens with zero attached hydrogens (tertiary/aromatic N) is 1. The lowest BCUT2D eigenvalue weighted by Crippen LogP contribution is -2.37. The summed E-state index contributed by atoms with van der Waals surface area (Å²) in [6.07, 6.45) is 0. The third-order valence-electron chi connectivity index (χ3n) is 2.36. The Labute approximate surface area is 100 Å². The Balaban J connectivity index is 2.84. The third kappa shape index (κ3) is 3.20. The lowest BCUT2D eigenvalue weighted by Gasteiger charge is -2.26. The van der Waals surface area contributed by atoms with Crippen LogP contribution in [0.4, 0.5) is 4.39 Å². The average molecular weight is 244 g/mol. The number of hydrogen-bond donors (Lipinski definition) is 0. The van der Waals surface area contributed by atoms with Crippen molar-refractivity contribution in [2.75, 3.05) is 5.88 Å². The second kappa shape index (κ2) is 5.85. The van der Waals surface area contributed by atoms with E-state index in [0.717, 1.165) is 0 Å². The van der Waals surface area contributed by atoms with Gasteiger partial charge in [-0.2, -0.15) is 0 Å². The van der Waals surface area contributed by atoms with Crippen LogP contribution in [0, 0.1) is 5.82 Å². The van der Waals surface area contributed by atoms with Gasteiger partial charge in [0.25, 0.3) is 0 Å². The van der Waals surface area contributed by atoms with Crippen LogP contribution in [0.3, 0.4) is 0 Å². The van der Waals surface area contributed by atoms with Crippen LogP contribution < -0.4 is 0 Å². The number of hydrogen-bond acceptors (Lipinski definition) is 1. The minimum absolute atomic E-state index is 0.00542. The van der Waals surface area contributed by atoms with Crippen LogP contribution in [0.25, 0.3) is 0 Å².